The lowest BCUT2D eigenvalue weighted by molar-refractivity contribution is 0.0958. The number of amides is 1. The van der Waals surface area contributed by atoms with Gasteiger partial charge >= 0.3 is 0 Å². The molecule has 2 N–H and O–H groups in total. The normalized spacial score (nSPS) is 13.7. The zero-order valence-corrected chi connectivity index (χ0v) is 21.4. The Morgan fingerprint density at radius 3 is 2.53 bits per heavy atom. The van der Waals surface area contributed by atoms with Crippen LogP contribution in [-0.2, 0) is 0 Å². The van der Waals surface area contributed by atoms with E-state index < -0.39 is 0 Å². The molecule has 0 atom stereocenters. The quantitative estimate of drug-likeness (QED) is 0.322. The van der Waals surface area contributed by atoms with Gasteiger partial charge in [0.1, 0.15) is 6.54 Å². The highest BCUT2D eigenvalue weighted by Gasteiger charge is 2.24. The van der Waals surface area contributed by atoms with Crippen LogP contribution in [0.2, 0.25) is 5.02 Å². The highest BCUT2D eigenvalue weighted by atomic mass is 35.5. The predicted octanol–water partition coefficient (Wildman–Crippen LogP) is 4.87. The fourth-order valence-corrected chi connectivity index (χ4v) is 4.58. The zero-order chi connectivity index (χ0) is 26.5. The van der Waals surface area contributed by atoms with Gasteiger partial charge in [-0.1, -0.05) is 23.7 Å². The number of anilines is 3. The van der Waals surface area contributed by atoms with Crippen LogP contribution in [0.15, 0.2) is 59.1 Å². The van der Waals surface area contributed by atoms with Crippen molar-refractivity contribution in [1.82, 2.24) is 25.5 Å². The van der Waals surface area contributed by atoms with E-state index in [2.05, 4.69) is 47.8 Å². The summed E-state index contributed by atoms with van der Waals surface area (Å²) in [6.45, 7) is 3.60. The number of aryl methyl sites for hydroxylation is 1. The fraction of sp³-hybridized carbons (Fsp3) is 0.259. The number of rotatable bonds is 7. The summed E-state index contributed by atoms with van der Waals surface area (Å²) in [4.78, 5) is 23.3. The molecule has 0 radical (unpaired) electrons. The molecule has 0 spiro atoms. The minimum Gasteiger partial charge on any atom is -0.425 e. The first kappa shape index (κ1) is 25.2. The van der Waals surface area contributed by atoms with Crippen molar-refractivity contribution in [3.63, 3.8) is 0 Å². The first-order valence-corrected chi connectivity index (χ1v) is 12.6. The molecule has 5 rings (SSSR count). The lowest BCUT2D eigenvalue weighted by Crippen LogP contribution is -2.32. The Labute approximate surface area is 224 Å². The molecule has 3 heterocycles. The van der Waals surface area contributed by atoms with Gasteiger partial charge in [0, 0.05) is 48.4 Å². The van der Waals surface area contributed by atoms with E-state index in [0.29, 0.717) is 34.0 Å². The maximum atomic E-state index is 12.0. The van der Waals surface area contributed by atoms with Gasteiger partial charge in [0.05, 0.1) is 23.0 Å². The summed E-state index contributed by atoms with van der Waals surface area (Å²) in [6, 6.07) is 16.9. The third-order valence-electron chi connectivity index (χ3n) is 6.37. The molecule has 2 aromatic carbocycles. The molecule has 1 aliphatic heterocycles. The van der Waals surface area contributed by atoms with Crippen LogP contribution in [0.4, 0.5) is 17.3 Å². The number of piperidine rings is 1. The SMILES string of the molecule is Cc1nnc(C2CCN(c3ccc(Nc4ncc(Cl)c(-c5ccc(C(=O)NCC#N)cc5)n4)cc3)CC2)o1. The lowest BCUT2D eigenvalue weighted by Gasteiger charge is -2.32. The minimum atomic E-state index is -0.316. The molecule has 192 valence electrons. The Balaban J connectivity index is 1.22. The van der Waals surface area contributed by atoms with Crippen LogP contribution >= 0.6 is 11.6 Å². The predicted molar refractivity (Wildman–Crippen MR) is 143 cm³/mol. The van der Waals surface area contributed by atoms with Crippen LogP contribution in [-0.4, -0.2) is 45.7 Å². The third kappa shape index (κ3) is 5.74. The van der Waals surface area contributed by atoms with Crippen LogP contribution in [0.5, 0.6) is 0 Å². The molecule has 0 aliphatic carbocycles. The number of hydrogen-bond acceptors (Lipinski definition) is 9. The number of nitrogens with one attached hydrogen (secondary N) is 2. The van der Waals surface area contributed by atoms with Gasteiger partial charge in [-0.15, -0.1) is 10.2 Å². The molecule has 1 aliphatic rings. The summed E-state index contributed by atoms with van der Waals surface area (Å²) in [7, 11) is 0. The highest BCUT2D eigenvalue weighted by molar-refractivity contribution is 6.32. The summed E-state index contributed by atoms with van der Waals surface area (Å²) in [5, 5.41) is 22.9. The van der Waals surface area contributed by atoms with Crippen molar-refractivity contribution in [2.75, 3.05) is 29.9 Å². The highest BCUT2D eigenvalue weighted by Crippen LogP contribution is 2.31. The van der Waals surface area contributed by atoms with Gasteiger partial charge in [-0.3, -0.25) is 4.79 Å². The number of nitrogens with zero attached hydrogens (tertiary/aromatic N) is 6. The van der Waals surface area contributed by atoms with Gasteiger partial charge in [0.25, 0.3) is 5.91 Å². The first-order valence-electron chi connectivity index (χ1n) is 12.2. The molecular formula is C27H25ClN8O2. The Morgan fingerprint density at radius 2 is 1.87 bits per heavy atom. The van der Waals surface area contributed by atoms with Gasteiger partial charge in [0.15, 0.2) is 0 Å². The van der Waals surface area contributed by atoms with Crippen molar-refractivity contribution in [3.8, 4) is 17.3 Å². The molecule has 4 aromatic rings. The largest absolute Gasteiger partial charge is 0.425 e. The molecule has 1 saturated heterocycles. The van der Waals surface area contributed by atoms with Crippen molar-refractivity contribution >= 4 is 34.8 Å². The molecule has 1 fully saturated rings. The average molecular weight is 529 g/mol. The molecule has 0 bridgehead atoms. The van der Waals surface area contributed by atoms with Crippen molar-refractivity contribution in [1.29, 1.82) is 5.26 Å². The number of carbonyl (C=O) groups excluding carboxylic acids is 1. The van der Waals surface area contributed by atoms with Gasteiger partial charge in [-0.2, -0.15) is 5.26 Å². The Hall–Kier alpha value is -4.49. The van der Waals surface area contributed by atoms with E-state index in [9.17, 15) is 4.79 Å². The van der Waals surface area contributed by atoms with Crippen molar-refractivity contribution < 1.29 is 9.21 Å². The van der Waals surface area contributed by atoms with E-state index in [1.54, 1.807) is 30.5 Å². The van der Waals surface area contributed by atoms with Gasteiger partial charge < -0.3 is 20.0 Å². The van der Waals surface area contributed by atoms with E-state index in [1.807, 2.05) is 25.1 Å². The van der Waals surface area contributed by atoms with Crippen LogP contribution in [0.1, 0.15) is 40.9 Å². The zero-order valence-electron chi connectivity index (χ0n) is 20.7. The van der Waals surface area contributed by atoms with Crippen LogP contribution < -0.4 is 15.5 Å². The lowest BCUT2D eigenvalue weighted by atomic mass is 9.96. The molecule has 1 amide bonds. The average Bonchev–Trinajstić information content (AvgIpc) is 3.39. The summed E-state index contributed by atoms with van der Waals surface area (Å²) in [5.74, 6) is 1.74. The second-order valence-corrected chi connectivity index (χ2v) is 9.31. The molecule has 0 unspecified atom stereocenters. The summed E-state index contributed by atoms with van der Waals surface area (Å²) < 4.78 is 5.61. The number of nitriles is 1. The van der Waals surface area contributed by atoms with Gasteiger partial charge in [-0.25, -0.2) is 9.97 Å². The molecule has 10 nitrogen and oxygen atoms in total. The smallest absolute Gasteiger partial charge is 0.252 e. The van der Waals surface area contributed by atoms with Gasteiger partial charge in [-0.05, 0) is 49.2 Å². The number of aromatic nitrogens is 4. The molecule has 2 aromatic heterocycles. The topological polar surface area (TPSA) is 133 Å². The van der Waals surface area contributed by atoms with E-state index in [-0.39, 0.29) is 12.5 Å². The number of carbonyl (C=O) groups is 1. The van der Waals surface area contributed by atoms with Crippen molar-refractivity contribution in [3.05, 3.63) is 77.1 Å². The molecule has 38 heavy (non-hydrogen) atoms. The molecule has 11 heteroatoms. The molecular weight excluding hydrogens is 504 g/mol. The second kappa shape index (κ2) is 11.3. The van der Waals surface area contributed by atoms with Crippen molar-refractivity contribution in [2.45, 2.75) is 25.7 Å². The Kier molecular flexibility index (Phi) is 7.47. The van der Waals surface area contributed by atoms with E-state index >= 15 is 0 Å². The van der Waals surface area contributed by atoms with Gasteiger partial charge in [0.2, 0.25) is 17.7 Å². The van der Waals surface area contributed by atoms with Crippen LogP contribution in [0.25, 0.3) is 11.3 Å². The first-order chi connectivity index (χ1) is 18.5. The third-order valence-corrected chi connectivity index (χ3v) is 6.64. The standard InChI is InChI=1S/C27H25ClN8O2/c1-17-34-35-26(38-17)20-10-14-36(15-11-20)22-8-6-21(7-9-22)32-27-31-16-23(28)24(33-27)18-2-4-19(5-3-18)25(37)30-13-12-29/h2-9,16,20H,10-11,13-15H2,1H3,(H,30,37)(H,31,32,33). The number of halogens is 1. The number of hydrogen-bond donors (Lipinski definition) is 2. The van der Waals surface area contributed by atoms with E-state index in [1.165, 1.54) is 0 Å². The monoisotopic (exact) mass is 528 g/mol. The van der Waals surface area contributed by atoms with Crippen molar-refractivity contribution in [2.24, 2.45) is 0 Å². The van der Waals surface area contributed by atoms with Crippen LogP contribution in [0.3, 0.4) is 0 Å². The number of benzene rings is 2. The second-order valence-electron chi connectivity index (χ2n) is 8.90. The summed E-state index contributed by atoms with van der Waals surface area (Å²) in [6.07, 6.45) is 3.48. The van der Waals surface area contributed by atoms with Crippen LogP contribution in [0, 0.1) is 18.3 Å². The Morgan fingerprint density at radius 1 is 1.13 bits per heavy atom. The maximum Gasteiger partial charge on any atom is 0.252 e. The minimum absolute atomic E-state index is 0.0476. The Bertz CT molecular complexity index is 1460. The summed E-state index contributed by atoms with van der Waals surface area (Å²) >= 11 is 6.38. The van der Waals surface area contributed by atoms with E-state index in [0.717, 1.165) is 48.8 Å². The molecule has 0 saturated carbocycles. The maximum absolute atomic E-state index is 12.0. The fourth-order valence-electron chi connectivity index (χ4n) is 4.38. The summed E-state index contributed by atoms with van der Waals surface area (Å²) in [5.41, 5.74) is 3.73. The van der Waals surface area contributed by atoms with E-state index in [4.69, 9.17) is 21.3 Å².